The van der Waals surface area contributed by atoms with Gasteiger partial charge in [0.15, 0.2) is 5.16 Å². The summed E-state index contributed by atoms with van der Waals surface area (Å²) in [6, 6.07) is 20.9. The number of aromatic nitrogens is 2. The van der Waals surface area contributed by atoms with E-state index in [2.05, 4.69) is 46.7 Å². The second-order valence-corrected chi connectivity index (χ2v) is 9.95. The predicted molar refractivity (Wildman–Crippen MR) is 145 cm³/mol. The Morgan fingerprint density at radius 3 is 2.19 bits per heavy atom. The zero-order valence-electron chi connectivity index (χ0n) is 20.7. The second kappa shape index (κ2) is 10.8. The summed E-state index contributed by atoms with van der Waals surface area (Å²) in [4.78, 5) is 32.1. The zero-order chi connectivity index (χ0) is 25.8. The standard InChI is InChI=1S/C28H28N4O3S/c1-5-24(27(33)29-23-16-22(32(34)35)15-10-19(23)4)36-28-30-25(20-11-6-17(2)7-12-20)26(31-28)21-13-8-18(3)9-14-21/h6-16,24H,5H2,1-4H3,(H,29,33)(H,30,31). The van der Waals surface area contributed by atoms with Gasteiger partial charge in [-0.3, -0.25) is 14.9 Å². The van der Waals surface area contributed by atoms with Crippen molar-refractivity contribution >= 4 is 29.0 Å². The number of aryl methyl sites for hydroxylation is 3. The molecule has 184 valence electrons. The molecule has 0 spiro atoms. The van der Waals surface area contributed by atoms with E-state index in [0.717, 1.165) is 28.1 Å². The topological polar surface area (TPSA) is 101 Å². The summed E-state index contributed by atoms with van der Waals surface area (Å²) in [6.45, 7) is 7.83. The monoisotopic (exact) mass is 500 g/mol. The molecule has 0 saturated carbocycles. The normalized spacial score (nSPS) is 11.8. The molecule has 2 N–H and O–H groups in total. The fourth-order valence-electron chi connectivity index (χ4n) is 3.79. The lowest BCUT2D eigenvalue weighted by Gasteiger charge is -2.14. The van der Waals surface area contributed by atoms with Crippen molar-refractivity contribution in [3.05, 3.63) is 93.5 Å². The predicted octanol–water partition coefficient (Wildman–Crippen LogP) is 7.09. The summed E-state index contributed by atoms with van der Waals surface area (Å²) in [5.41, 5.74) is 7.20. The van der Waals surface area contributed by atoms with Crippen LogP contribution in [0.5, 0.6) is 0 Å². The maximum Gasteiger partial charge on any atom is 0.271 e. The molecule has 1 unspecified atom stereocenters. The number of carbonyl (C=O) groups is 1. The molecule has 7 nitrogen and oxygen atoms in total. The molecular formula is C28H28N4O3S. The van der Waals surface area contributed by atoms with Crippen molar-refractivity contribution in [2.24, 2.45) is 0 Å². The van der Waals surface area contributed by atoms with Crippen LogP contribution in [0.15, 0.2) is 71.9 Å². The van der Waals surface area contributed by atoms with Crippen LogP contribution in [-0.4, -0.2) is 26.0 Å². The van der Waals surface area contributed by atoms with Gasteiger partial charge in [0, 0.05) is 23.3 Å². The Morgan fingerprint density at radius 1 is 1.00 bits per heavy atom. The third-order valence-corrected chi connectivity index (χ3v) is 7.20. The van der Waals surface area contributed by atoms with Gasteiger partial charge in [0.05, 0.1) is 27.2 Å². The number of H-pyrrole nitrogens is 1. The highest BCUT2D eigenvalue weighted by atomic mass is 32.2. The average Bonchev–Trinajstić information content (AvgIpc) is 3.28. The Bertz CT molecular complexity index is 1330. The summed E-state index contributed by atoms with van der Waals surface area (Å²) in [5.74, 6) is -0.226. The van der Waals surface area contributed by atoms with Gasteiger partial charge in [-0.05, 0) is 32.8 Å². The van der Waals surface area contributed by atoms with Crippen LogP contribution >= 0.6 is 11.8 Å². The summed E-state index contributed by atoms with van der Waals surface area (Å²) in [6.07, 6.45) is 0.560. The van der Waals surface area contributed by atoms with E-state index in [1.165, 1.54) is 35.0 Å². The minimum Gasteiger partial charge on any atom is -0.332 e. The minimum atomic E-state index is -0.469. The summed E-state index contributed by atoms with van der Waals surface area (Å²) >= 11 is 1.35. The first kappa shape index (κ1) is 25.2. The van der Waals surface area contributed by atoms with E-state index >= 15 is 0 Å². The summed E-state index contributed by atoms with van der Waals surface area (Å²) in [7, 11) is 0. The minimum absolute atomic E-state index is 0.0619. The molecule has 0 aliphatic rings. The smallest absolute Gasteiger partial charge is 0.271 e. The Morgan fingerprint density at radius 2 is 1.61 bits per heavy atom. The van der Waals surface area contributed by atoms with E-state index in [1.54, 1.807) is 6.07 Å². The lowest BCUT2D eigenvalue weighted by molar-refractivity contribution is -0.384. The van der Waals surface area contributed by atoms with Gasteiger partial charge in [-0.1, -0.05) is 84.4 Å². The van der Waals surface area contributed by atoms with Gasteiger partial charge < -0.3 is 10.3 Å². The first-order valence-electron chi connectivity index (χ1n) is 11.7. The van der Waals surface area contributed by atoms with Crippen LogP contribution in [0.2, 0.25) is 0 Å². The van der Waals surface area contributed by atoms with Crippen LogP contribution in [0.4, 0.5) is 11.4 Å². The number of nitrogens with zero attached hydrogens (tertiary/aromatic N) is 2. The first-order valence-corrected chi connectivity index (χ1v) is 12.6. The Balaban J connectivity index is 1.63. The highest BCUT2D eigenvalue weighted by Gasteiger charge is 2.23. The van der Waals surface area contributed by atoms with Crippen molar-refractivity contribution in [1.29, 1.82) is 0 Å². The molecule has 8 heteroatoms. The number of benzene rings is 3. The van der Waals surface area contributed by atoms with Gasteiger partial charge in [0.1, 0.15) is 0 Å². The van der Waals surface area contributed by atoms with Crippen molar-refractivity contribution in [2.45, 2.75) is 44.5 Å². The zero-order valence-corrected chi connectivity index (χ0v) is 21.5. The third kappa shape index (κ3) is 5.66. The summed E-state index contributed by atoms with van der Waals surface area (Å²) < 4.78 is 0. The molecule has 0 aliphatic carbocycles. The number of thioether (sulfide) groups is 1. The number of carbonyl (C=O) groups excluding carboxylic acids is 1. The largest absolute Gasteiger partial charge is 0.332 e. The highest BCUT2D eigenvalue weighted by Crippen LogP contribution is 2.35. The fraction of sp³-hybridized carbons (Fsp3) is 0.214. The van der Waals surface area contributed by atoms with Crippen molar-refractivity contribution < 1.29 is 9.72 Å². The van der Waals surface area contributed by atoms with Crippen LogP contribution in [-0.2, 0) is 4.79 Å². The summed E-state index contributed by atoms with van der Waals surface area (Å²) in [5, 5.41) is 14.2. The van der Waals surface area contributed by atoms with Crippen molar-refractivity contribution in [2.75, 3.05) is 5.32 Å². The van der Waals surface area contributed by atoms with Crippen molar-refractivity contribution in [3.8, 4) is 22.5 Å². The van der Waals surface area contributed by atoms with E-state index in [-0.39, 0.29) is 11.6 Å². The van der Waals surface area contributed by atoms with Gasteiger partial charge in [0.2, 0.25) is 5.91 Å². The number of hydrogen-bond acceptors (Lipinski definition) is 5. The molecule has 0 radical (unpaired) electrons. The van der Waals surface area contributed by atoms with Crippen molar-refractivity contribution in [1.82, 2.24) is 9.97 Å². The molecule has 1 heterocycles. The maximum atomic E-state index is 13.1. The molecule has 4 rings (SSSR count). The SMILES string of the molecule is CCC(Sc1nc(-c2ccc(C)cc2)c(-c2ccc(C)cc2)[nH]1)C(=O)Nc1cc([N+](=O)[O-])ccc1C. The lowest BCUT2D eigenvalue weighted by atomic mass is 10.0. The van der Waals surface area contributed by atoms with Crippen LogP contribution in [0.3, 0.4) is 0 Å². The Kier molecular flexibility index (Phi) is 7.55. The molecule has 0 aliphatic heterocycles. The number of hydrogen-bond donors (Lipinski definition) is 2. The average molecular weight is 501 g/mol. The fourth-order valence-corrected chi connectivity index (χ4v) is 4.69. The molecule has 4 aromatic rings. The van der Waals surface area contributed by atoms with Crippen LogP contribution < -0.4 is 5.32 Å². The van der Waals surface area contributed by atoms with Gasteiger partial charge in [-0.15, -0.1) is 0 Å². The number of nitro benzene ring substituents is 1. The number of non-ortho nitro benzene ring substituents is 1. The number of amides is 1. The third-order valence-electron chi connectivity index (χ3n) is 5.95. The van der Waals surface area contributed by atoms with Crippen molar-refractivity contribution in [3.63, 3.8) is 0 Å². The maximum absolute atomic E-state index is 13.1. The number of nitrogens with one attached hydrogen (secondary N) is 2. The quantitative estimate of drug-likeness (QED) is 0.153. The molecular weight excluding hydrogens is 472 g/mol. The number of aromatic amines is 1. The molecule has 0 saturated heterocycles. The number of anilines is 1. The highest BCUT2D eigenvalue weighted by molar-refractivity contribution is 8.00. The molecule has 0 bridgehead atoms. The van der Waals surface area contributed by atoms with Gasteiger partial charge >= 0.3 is 0 Å². The van der Waals surface area contributed by atoms with Gasteiger partial charge in [0.25, 0.3) is 5.69 Å². The van der Waals surface area contributed by atoms with Gasteiger partial charge in [-0.25, -0.2) is 4.98 Å². The first-order chi connectivity index (χ1) is 17.2. The molecule has 1 amide bonds. The van der Waals surface area contributed by atoms with E-state index < -0.39 is 10.2 Å². The molecule has 1 atom stereocenters. The molecule has 3 aromatic carbocycles. The van der Waals surface area contributed by atoms with E-state index in [0.29, 0.717) is 17.3 Å². The molecule has 36 heavy (non-hydrogen) atoms. The number of imidazole rings is 1. The van der Waals surface area contributed by atoms with Crippen LogP contribution in [0, 0.1) is 30.9 Å². The van der Waals surface area contributed by atoms with Crippen LogP contribution in [0.1, 0.15) is 30.0 Å². The van der Waals surface area contributed by atoms with E-state index in [1.807, 2.05) is 39.8 Å². The lowest BCUT2D eigenvalue weighted by Crippen LogP contribution is -2.25. The Labute approximate surface area is 214 Å². The second-order valence-electron chi connectivity index (χ2n) is 8.76. The molecule has 0 fully saturated rings. The van der Waals surface area contributed by atoms with Gasteiger partial charge in [-0.2, -0.15) is 0 Å². The van der Waals surface area contributed by atoms with E-state index in [9.17, 15) is 14.9 Å². The number of rotatable bonds is 8. The number of nitro groups is 1. The van der Waals surface area contributed by atoms with E-state index in [4.69, 9.17) is 4.98 Å². The Hall–Kier alpha value is -3.91. The molecule has 1 aromatic heterocycles. The van der Waals surface area contributed by atoms with Crippen LogP contribution in [0.25, 0.3) is 22.5 Å².